The Labute approximate surface area is 91.1 Å². The molecule has 0 N–H and O–H groups in total. The van der Waals surface area contributed by atoms with Gasteiger partial charge in [0.1, 0.15) is 0 Å². The highest BCUT2D eigenvalue weighted by molar-refractivity contribution is 8.14. The van der Waals surface area contributed by atoms with Crippen LogP contribution in [-0.4, -0.2) is 14.7 Å². The van der Waals surface area contributed by atoms with Crippen LogP contribution in [0.2, 0.25) is 0 Å². The minimum absolute atomic E-state index is 0.00860. The molecule has 0 bridgehead atoms. The maximum absolute atomic E-state index is 11.1. The summed E-state index contributed by atoms with van der Waals surface area (Å²) in [7, 11) is 1.44. The summed E-state index contributed by atoms with van der Waals surface area (Å²) in [6.07, 6.45) is 1.74. The van der Waals surface area contributed by atoms with E-state index in [0.29, 0.717) is 4.90 Å². The molecule has 1 aromatic rings. The van der Waals surface area contributed by atoms with Crippen LogP contribution in [0.4, 0.5) is 0 Å². The molecule has 0 amide bonds. The molecule has 3 nitrogen and oxygen atoms in total. The zero-order chi connectivity index (χ0) is 10.8. The van der Waals surface area contributed by atoms with E-state index in [-0.39, 0.29) is 10.5 Å². The first-order chi connectivity index (χ1) is 6.49. The molecule has 14 heavy (non-hydrogen) atoms. The van der Waals surface area contributed by atoms with Gasteiger partial charge in [0, 0.05) is 15.6 Å². The molecule has 0 spiro atoms. The molecule has 0 aromatic heterocycles. The Bertz CT molecular complexity index is 491. The van der Waals surface area contributed by atoms with Crippen molar-refractivity contribution in [1.82, 2.24) is 0 Å². The molecule has 0 saturated carbocycles. The lowest BCUT2D eigenvalue weighted by molar-refractivity contribution is 0.607. The van der Waals surface area contributed by atoms with Crippen molar-refractivity contribution in [2.45, 2.75) is 9.79 Å². The second kappa shape index (κ2) is 4.22. The van der Waals surface area contributed by atoms with E-state index in [2.05, 4.69) is 0 Å². The Morgan fingerprint density at radius 3 is 2.57 bits per heavy atom. The first-order valence-electron chi connectivity index (χ1n) is 3.52. The molecule has 0 aliphatic heterocycles. The fraction of sp³-hybridized carbons (Fsp3) is 0.125. The number of benzene rings is 1. The SMILES string of the molecule is CSc1ccc(C#N)cc1S(=O)(=O)Cl. The summed E-state index contributed by atoms with van der Waals surface area (Å²) in [5, 5.41) is 8.60. The third kappa shape index (κ3) is 2.41. The minimum atomic E-state index is -3.78. The van der Waals surface area contributed by atoms with Crippen molar-refractivity contribution in [2.24, 2.45) is 0 Å². The number of rotatable bonds is 2. The monoisotopic (exact) mass is 247 g/mol. The Hall–Kier alpha value is -0.700. The molecule has 1 aromatic carbocycles. The Kier molecular flexibility index (Phi) is 3.43. The van der Waals surface area contributed by atoms with Crippen LogP contribution in [-0.2, 0) is 9.05 Å². The standard InChI is InChI=1S/C8H6ClNO2S2/c1-13-7-3-2-6(5-10)4-8(7)14(9,11)12/h2-4H,1H3. The molecule has 6 heteroatoms. The third-order valence-corrected chi connectivity index (χ3v) is 3.84. The van der Waals surface area contributed by atoms with Crippen molar-refractivity contribution in [3.8, 4) is 6.07 Å². The average molecular weight is 248 g/mol. The quantitative estimate of drug-likeness (QED) is 0.594. The lowest BCUT2D eigenvalue weighted by atomic mass is 10.2. The number of hydrogen-bond donors (Lipinski definition) is 0. The Balaban J connectivity index is 3.47. The van der Waals surface area contributed by atoms with Crippen LogP contribution in [0.25, 0.3) is 0 Å². The summed E-state index contributed by atoms with van der Waals surface area (Å²) in [6, 6.07) is 6.25. The summed E-state index contributed by atoms with van der Waals surface area (Å²) in [5.74, 6) is 0. The largest absolute Gasteiger partial charge is 0.262 e. The van der Waals surface area contributed by atoms with E-state index in [4.69, 9.17) is 15.9 Å². The number of nitriles is 1. The van der Waals surface area contributed by atoms with Crippen molar-refractivity contribution in [1.29, 1.82) is 5.26 Å². The van der Waals surface area contributed by atoms with Crippen LogP contribution < -0.4 is 0 Å². The van der Waals surface area contributed by atoms with Gasteiger partial charge >= 0.3 is 0 Å². The van der Waals surface area contributed by atoms with Crippen LogP contribution in [0.5, 0.6) is 0 Å². The highest BCUT2D eigenvalue weighted by atomic mass is 35.7. The predicted molar refractivity (Wildman–Crippen MR) is 56.0 cm³/mol. The molecule has 74 valence electrons. The predicted octanol–water partition coefficient (Wildman–Crippen LogP) is 2.21. The van der Waals surface area contributed by atoms with Gasteiger partial charge in [-0.05, 0) is 24.5 Å². The van der Waals surface area contributed by atoms with Gasteiger partial charge in [0.25, 0.3) is 9.05 Å². The van der Waals surface area contributed by atoms with E-state index in [1.807, 2.05) is 6.07 Å². The van der Waals surface area contributed by atoms with E-state index < -0.39 is 9.05 Å². The third-order valence-electron chi connectivity index (χ3n) is 1.56. The fourth-order valence-corrected chi connectivity index (χ4v) is 3.08. The van der Waals surface area contributed by atoms with Gasteiger partial charge in [0.15, 0.2) is 0 Å². The van der Waals surface area contributed by atoms with Crippen molar-refractivity contribution in [3.05, 3.63) is 23.8 Å². The summed E-state index contributed by atoms with van der Waals surface area (Å²) >= 11 is 1.27. The van der Waals surface area contributed by atoms with Crippen molar-refractivity contribution >= 4 is 31.5 Å². The van der Waals surface area contributed by atoms with Crippen molar-refractivity contribution < 1.29 is 8.42 Å². The average Bonchev–Trinajstić information content (AvgIpc) is 2.15. The molecule has 0 fully saturated rings. The van der Waals surface area contributed by atoms with E-state index in [1.165, 1.54) is 17.8 Å². The number of thioether (sulfide) groups is 1. The van der Waals surface area contributed by atoms with E-state index >= 15 is 0 Å². The molecule has 0 saturated heterocycles. The minimum Gasteiger partial charge on any atom is -0.207 e. The van der Waals surface area contributed by atoms with Gasteiger partial charge < -0.3 is 0 Å². The first-order valence-corrected chi connectivity index (χ1v) is 7.05. The maximum Gasteiger partial charge on any atom is 0.262 e. The molecule has 0 heterocycles. The second-order valence-corrected chi connectivity index (χ2v) is 5.80. The number of hydrogen-bond acceptors (Lipinski definition) is 4. The molecule has 0 atom stereocenters. The lowest BCUT2D eigenvalue weighted by Crippen LogP contribution is -1.94. The topological polar surface area (TPSA) is 57.9 Å². The summed E-state index contributed by atoms with van der Waals surface area (Å²) in [5.41, 5.74) is 0.280. The molecule has 0 aliphatic carbocycles. The highest BCUT2D eigenvalue weighted by Crippen LogP contribution is 2.28. The van der Waals surface area contributed by atoms with Gasteiger partial charge in [0.2, 0.25) is 0 Å². The zero-order valence-corrected chi connectivity index (χ0v) is 9.58. The highest BCUT2D eigenvalue weighted by Gasteiger charge is 2.15. The van der Waals surface area contributed by atoms with E-state index in [1.54, 1.807) is 18.4 Å². The maximum atomic E-state index is 11.1. The second-order valence-electron chi connectivity index (χ2n) is 2.42. The van der Waals surface area contributed by atoms with Crippen LogP contribution in [0.3, 0.4) is 0 Å². The van der Waals surface area contributed by atoms with Crippen LogP contribution in [0.1, 0.15) is 5.56 Å². The Morgan fingerprint density at radius 1 is 1.50 bits per heavy atom. The van der Waals surface area contributed by atoms with Crippen LogP contribution in [0, 0.1) is 11.3 Å². The van der Waals surface area contributed by atoms with Crippen molar-refractivity contribution in [3.63, 3.8) is 0 Å². The lowest BCUT2D eigenvalue weighted by Gasteiger charge is -2.03. The van der Waals surface area contributed by atoms with Gasteiger partial charge in [-0.15, -0.1) is 11.8 Å². The van der Waals surface area contributed by atoms with Gasteiger partial charge in [-0.25, -0.2) is 8.42 Å². The van der Waals surface area contributed by atoms with E-state index in [0.717, 1.165) is 0 Å². The molecule has 1 rings (SSSR count). The first kappa shape index (κ1) is 11.4. The molecule has 0 unspecified atom stereocenters. The van der Waals surface area contributed by atoms with Gasteiger partial charge in [-0.1, -0.05) is 0 Å². The van der Waals surface area contributed by atoms with Crippen LogP contribution >= 0.6 is 22.4 Å². The van der Waals surface area contributed by atoms with Crippen LogP contribution in [0.15, 0.2) is 28.0 Å². The molecular formula is C8H6ClNO2S2. The van der Waals surface area contributed by atoms with E-state index in [9.17, 15) is 8.42 Å². The van der Waals surface area contributed by atoms with Gasteiger partial charge in [0.05, 0.1) is 16.5 Å². The molecule has 0 aliphatic rings. The van der Waals surface area contributed by atoms with Crippen molar-refractivity contribution in [2.75, 3.05) is 6.26 Å². The summed E-state index contributed by atoms with van der Waals surface area (Å²) < 4.78 is 22.2. The zero-order valence-electron chi connectivity index (χ0n) is 7.19. The Morgan fingerprint density at radius 2 is 2.14 bits per heavy atom. The summed E-state index contributed by atoms with van der Waals surface area (Å²) in [4.78, 5) is 0.532. The smallest absolute Gasteiger partial charge is 0.207 e. The van der Waals surface area contributed by atoms with Gasteiger partial charge in [-0.2, -0.15) is 5.26 Å². The molecular weight excluding hydrogens is 242 g/mol. The normalized spacial score (nSPS) is 10.9. The number of nitrogens with zero attached hydrogens (tertiary/aromatic N) is 1. The number of halogens is 1. The fourth-order valence-electron chi connectivity index (χ4n) is 0.937. The summed E-state index contributed by atoms with van der Waals surface area (Å²) in [6.45, 7) is 0. The molecule has 0 radical (unpaired) electrons. The van der Waals surface area contributed by atoms with Gasteiger partial charge in [-0.3, -0.25) is 0 Å².